The minimum atomic E-state index is -1.14. The highest BCUT2D eigenvalue weighted by Gasteiger charge is 2.12. The van der Waals surface area contributed by atoms with Crippen LogP contribution in [0.25, 0.3) is 11.1 Å². The zero-order valence-electron chi connectivity index (χ0n) is 13.7. The van der Waals surface area contributed by atoms with E-state index in [1.54, 1.807) is 19.1 Å². The van der Waals surface area contributed by atoms with Crippen molar-refractivity contribution in [3.8, 4) is 11.1 Å². The van der Waals surface area contributed by atoms with Crippen molar-refractivity contribution in [2.45, 2.75) is 32.4 Å². The molecule has 1 unspecified atom stereocenters. The number of ketones is 1. The van der Waals surface area contributed by atoms with Crippen molar-refractivity contribution >= 4 is 11.8 Å². The molecule has 2 rings (SSSR count). The van der Waals surface area contributed by atoms with Crippen LogP contribution in [0, 0.1) is 0 Å². The van der Waals surface area contributed by atoms with Gasteiger partial charge in [-0.3, -0.25) is 9.59 Å². The molecule has 0 amide bonds. The Kier molecular flexibility index (Phi) is 6.67. The minimum absolute atomic E-state index is 0.0320. The van der Waals surface area contributed by atoms with E-state index in [1.165, 1.54) is 0 Å². The third-order valence-electron chi connectivity index (χ3n) is 3.74. The van der Waals surface area contributed by atoms with E-state index in [0.29, 0.717) is 12.0 Å². The molecule has 126 valence electrons. The summed E-state index contributed by atoms with van der Waals surface area (Å²) in [7, 11) is 0. The van der Waals surface area contributed by atoms with E-state index in [4.69, 9.17) is 4.74 Å². The quantitative estimate of drug-likeness (QED) is 0.525. The number of halogens is 1. The predicted octanol–water partition coefficient (Wildman–Crippen LogP) is 4.61. The van der Waals surface area contributed by atoms with Crippen molar-refractivity contribution in [3.05, 3.63) is 60.2 Å². The second-order valence-electron chi connectivity index (χ2n) is 5.56. The first-order valence-corrected chi connectivity index (χ1v) is 8.08. The molecule has 3 nitrogen and oxygen atoms in total. The maximum absolute atomic E-state index is 13.0. The maximum Gasteiger partial charge on any atom is 0.306 e. The molecule has 0 aliphatic rings. The molecule has 0 spiro atoms. The Morgan fingerprint density at radius 2 is 1.58 bits per heavy atom. The Morgan fingerprint density at radius 1 is 0.958 bits per heavy atom. The van der Waals surface area contributed by atoms with Crippen LogP contribution in [0.5, 0.6) is 0 Å². The summed E-state index contributed by atoms with van der Waals surface area (Å²) >= 11 is 0. The molecule has 0 heterocycles. The molecule has 4 heteroatoms. The van der Waals surface area contributed by atoms with Crippen molar-refractivity contribution in [1.29, 1.82) is 0 Å². The van der Waals surface area contributed by atoms with Crippen LogP contribution in [-0.2, 0) is 9.53 Å². The van der Waals surface area contributed by atoms with E-state index in [-0.39, 0.29) is 25.2 Å². The van der Waals surface area contributed by atoms with Crippen molar-refractivity contribution in [2.75, 3.05) is 6.61 Å². The predicted molar refractivity (Wildman–Crippen MR) is 91.6 cm³/mol. The molecule has 0 saturated carbocycles. The van der Waals surface area contributed by atoms with Gasteiger partial charge >= 0.3 is 5.97 Å². The van der Waals surface area contributed by atoms with Gasteiger partial charge in [-0.2, -0.15) is 0 Å². The highest BCUT2D eigenvalue weighted by Crippen LogP contribution is 2.20. The van der Waals surface area contributed by atoms with Crippen molar-refractivity contribution in [1.82, 2.24) is 0 Å². The van der Waals surface area contributed by atoms with Gasteiger partial charge < -0.3 is 4.74 Å². The summed E-state index contributed by atoms with van der Waals surface area (Å²) in [5.74, 6) is -0.667. The first-order chi connectivity index (χ1) is 11.6. The van der Waals surface area contributed by atoms with Gasteiger partial charge in [-0.15, -0.1) is 0 Å². The highest BCUT2D eigenvalue weighted by molar-refractivity contribution is 5.97. The fraction of sp³-hybridized carbons (Fsp3) is 0.300. The smallest absolute Gasteiger partial charge is 0.306 e. The number of benzene rings is 2. The molecule has 0 aliphatic carbocycles. The Labute approximate surface area is 141 Å². The lowest BCUT2D eigenvalue weighted by Gasteiger charge is -2.07. The van der Waals surface area contributed by atoms with Crippen molar-refractivity contribution in [2.24, 2.45) is 0 Å². The lowest BCUT2D eigenvalue weighted by Crippen LogP contribution is -2.15. The van der Waals surface area contributed by atoms with Crippen LogP contribution in [0.15, 0.2) is 54.6 Å². The number of carbonyl (C=O) groups is 2. The Balaban J connectivity index is 1.86. The number of alkyl halides is 1. The zero-order chi connectivity index (χ0) is 17.4. The summed E-state index contributed by atoms with van der Waals surface area (Å²) in [5, 5.41) is 0. The molecule has 0 aliphatic heterocycles. The molecular formula is C20H21FO3. The second-order valence-corrected chi connectivity index (χ2v) is 5.56. The van der Waals surface area contributed by atoms with Crippen molar-refractivity contribution in [3.63, 3.8) is 0 Å². The van der Waals surface area contributed by atoms with Crippen LogP contribution in [0.2, 0.25) is 0 Å². The van der Waals surface area contributed by atoms with Crippen LogP contribution in [0.4, 0.5) is 4.39 Å². The molecule has 0 N–H and O–H groups in total. The van der Waals surface area contributed by atoms with E-state index in [9.17, 15) is 14.0 Å². The van der Waals surface area contributed by atoms with Gasteiger partial charge in [0.25, 0.3) is 0 Å². The summed E-state index contributed by atoms with van der Waals surface area (Å²) in [6.45, 7) is 1.44. The molecule has 0 fully saturated rings. The molecule has 0 aromatic heterocycles. The van der Waals surface area contributed by atoms with Gasteiger partial charge in [-0.1, -0.05) is 61.5 Å². The van der Waals surface area contributed by atoms with Crippen LogP contribution in [0.1, 0.15) is 36.5 Å². The molecule has 2 aromatic carbocycles. The monoisotopic (exact) mass is 328 g/mol. The standard InChI is InChI=1S/C20H21FO3/c1-2-18(21)14-24-20(23)13-12-19(22)17-10-8-16(9-11-17)15-6-4-3-5-7-15/h3-11,18H,2,12-14H2,1H3. The number of hydrogen-bond donors (Lipinski definition) is 0. The van der Waals surface area contributed by atoms with Crippen LogP contribution in [0.3, 0.4) is 0 Å². The molecule has 0 saturated heterocycles. The number of rotatable bonds is 8. The second kappa shape index (κ2) is 8.96. The third kappa shape index (κ3) is 5.30. The first-order valence-electron chi connectivity index (χ1n) is 8.08. The van der Waals surface area contributed by atoms with Gasteiger partial charge in [0.05, 0.1) is 6.42 Å². The van der Waals surface area contributed by atoms with Gasteiger partial charge in [-0.25, -0.2) is 4.39 Å². The SMILES string of the molecule is CCC(F)COC(=O)CCC(=O)c1ccc(-c2ccccc2)cc1. The van der Waals surface area contributed by atoms with E-state index in [1.807, 2.05) is 42.5 Å². The van der Waals surface area contributed by atoms with Crippen molar-refractivity contribution < 1.29 is 18.7 Å². The maximum atomic E-state index is 13.0. The minimum Gasteiger partial charge on any atom is -0.463 e. The van der Waals surface area contributed by atoms with Crippen LogP contribution >= 0.6 is 0 Å². The third-order valence-corrected chi connectivity index (χ3v) is 3.74. The average molecular weight is 328 g/mol. The van der Waals surface area contributed by atoms with Gasteiger partial charge in [0, 0.05) is 12.0 Å². The lowest BCUT2D eigenvalue weighted by atomic mass is 10.0. The fourth-order valence-corrected chi connectivity index (χ4v) is 2.21. The van der Waals surface area contributed by atoms with E-state index in [0.717, 1.165) is 11.1 Å². The highest BCUT2D eigenvalue weighted by atomic mass is 19.1. The van der Waals surface area contributed by atoms with Gasteiger partial charge in [0.1, 0.15) is 12.8 Å². The van der Waals surface area contributed by atoms with E-state index in [2.05, 4.69) is 0 Å². The fourth-order valence-electron chi connectivity index (χ4n) is 2.21. The molecule has 2 aromatic rings. The molecule has 24 heavy (non-hydrogen) atoms. The van der Waals surface area contributed by atoms with Gasteiger partial charge in [0.15, 0.2) is 5.78 Å². The van der Waals surface area contributed by atoms with Gasteiger partial charge in [0.2, 0.25) is 0 Å². The van der Waals surface area contributed by atoms with E-state index >= 15 is 0 Å². The Hall–Kier alpha value is -2.49. The summed E-state index contributed by atoms with van der Waals surface area (Å²) in [6.07, 6.45) is -0.808. The Morgan fingerprint density at radius 3 is 2.21 bits per heavy atom. The normalized spacial score (nSPS) is 11.8. The van der Waals surface area contributed by atoms with Crippen LogP contribution in [-0.4, -0.2) is 24.5 Å². The molecule has 0 radical (unpaired) electrons. The zero-order valence-corrected chi connectivity index (χ0v) is 13.7. The lowest BCUT2D eigenvalue weighted by molar-refractivity contribution is -0.145. The Bertz CT molecular complexity index is 665. The summed E-state index contributed by atoms with van der Waals surface area (Å²) in [6, 6.07) is 17.1. The van der Waals surface area contributed by atoms with Crippen LogP contribution < -0.4 is 0 Å². The number of Topliss-reactive ketones (excluding diaryl/α,β-unsaturated/α-hetero) is 1. The topological polar surface area (TPSA) is 43.4 Å². The number of hydrogen-bond acceptors (Lipinski definition) is 3. The molecule has 0 bridgehead atoms. The largest absolute Gasteiger partial charge is 0.463 e. The van der Waals surface area contributed by atoms with Gasteiger partial charge in [-0.05, 0) is 17.5 Å². The summed E-state index contributed by atoms with van der Waals surface area (Å²) in [5.41, 5.74) is 2.66. The summed E-state index contributed by atoms with van der Waals surface area (Å²) < 4.78 is 17.8. The van der Waals surface area contributed by atoms with E-state index < -0.39 is 12.1 Å². The number of esters is 1. The number of ether oxygens (including phenoxy) is 1. The molecular weight excluding hydrogens is 307 g/mol. The summed E-state index contributed by atoms with van der Waals surface area (Å²) in [4.78, 5) is 23.6. The number of carbonyl (C=O) groups excluding carboxylic acids is 2. The first kappa shape index (κ1) is 17.9. The molecule has 1 atom stereocenters. The average Bonchev–Trinajstić information content (AvgIpc) is 2.64.